The van der Waals surface area contributed by atoms with Crippen LogP contribution in [0.5, 0.6) is 0 Å². The van der Waals surface area contributed by atoms with Crippen molar-refractivity contribution in [3.05, 3.63) is 17.4 Å². The minimum atomic E-state index is 0.345. The molecule has 1 aromatic rings. The molecule has 2 nitrogen and oxygen atoms in total. The van der Waals surface area contributed by atoms with E-state index < -0.39 is 0 Å². The van der Waals surface area contributed by atoms with E-state index >= 15 is 0 Å². The van der Waals surface area contributed by atoms with Crippen LogP contribution in [0.25, 0.3) is 0 Å². The van der Waals surface area contributed by atoms with Gasteiger partial charge in [-0.15, -0.1) is 0 Å². The molecule has 0 aliphatic heterocycles. The molecule has 0 atom stereocenters. The lowest BCUT2D eigenvalue weighted by molar-refractivity contribution is 0.529. The summed E-state index contributed by atoms with van der Waals surface area (Å²) in [7, 11) is 0. The summed E-state index contributed by atoms with van der Waals surface area (Å²) in [4.78, 5) is 0. The summed E-state index contributed by atoms with van der Waals surface area (Å²) < 4.78 is 1.70. The first-order valence-electron chi connectivity index (χ1n) is 2.83. The third kappa shape index (κ3) is 1.45. The zero-order chi connectivity index (χ0) is 6.85. The molecule has 0 amide bonds. The van der Waals surface area contributed by atoms with Crippen LogP contribution >= 0.6 is 11.6 Å². The Labute approximate surface area is 59.4 Å². The smallest absolute Gasteiger partial charge is 0.151 e. The van der Waals surface area contributed by atoms with E-state index in [4.69, 9.17) is 11.6 Å². The highest BCUT2D eigenvalue weighted by atomic mass is 35.5. The number of nitrogens with zero attached hydrogens (tertiary/aromatic N) is 2. The van der Waals surface area contributed by atoms with Gasteiger partial charge in [0.15, 0.2) is 5.15 Å². The maximum atomic E-state index is 5.54. The van der Waals surface area contributed by atoms with E-state index in [0.717, 1.165) is 0 Å². The maximum Gasteiger partial charge on any atom is 0.151 e. The lowest BCUT2D eigenvalue weighted by atomic mass is 10.4. The van der Waals surface area contributed by atoms with Crippen molar-refractivity contribution in [1.82, 2.24) is 9.78 Å². The van der Waals surface area contributed by atoms with Gasteiger partial charge in [-0.05, 0) is 13.8 Å². The van der Waals surface area contributed by atoms with Gasteiger partial charge < -0.3 is 0 Å². The minimum absolute atomic E-state index is 0.345. The molecule has 9 heavy (non-hydrogen) atoms. The highest BCUT2D eigenvalue weighted by Crippen LogP contribution is 2.06. The summed E-state index contributed by atoms with van der Waals surface area (Å²) in [6, 6.07) is 2.00. The quantitative estimate of drug-likeness (QED) is 0.588. The number of hydrogen-bond donors (Lipinski definition) is 0. The van der Waals surface area contributed by atoms with Crippen LogP contribution in [0.3, 0.4) is 0 Å². The summed E-state index contributed by atoms with van der Waals surface area (Å²) in [6.45, 7) is 4.06. The van der Waals surface area contributed by atoms with E-state index in [-0.39, 0.29) is 0 Å². The van der Waals surface area contributed by atoms with Crippen molar-refractivity contribution in [2.75, 3.05) is 0 Å². The topological polar surface area (TPSA) is 17.8 Å². The van der Waals surface area contributed by atoms with Crippen molar-refractivity contribution in [1.29, 1.82) is 0 Å². The molecule has 0 saturated carbocycles. The Hall–Kier alpha value is -0.500. The van der Waals surface area contributed by atoms with Gasteiger partial charge in [0, 0.05) is 12.1 Å². The molecule has 49 valence electrons. The van der Waals surface area contributed by atoms with Crippen molar-refractivity contribution >= 4 is 11.6 Å². The van der Waals surface area contributed by atoms with Crippen LogP contribution in [0, 0.1) is 6.20 Å². The van der Waals surface area contributed by atoms with E-state index in [1.807, 2.05) is 13.8 Å². The molecule has 0 aliphatic rings. The van der Waals surface area contributed by atoms with Crippen molar-refractivity contribution in [2.24, 2.45) is 0 Å². The molecule has 0 fully saturated rings. The van der Waals surface area contributed by atoms with Crippen LogP contribution < -0.4 is 0 Å². The molecule has 0 aromatic carbocycles. The molecule has 1 rings (SSSR count). The summed E-state index contributed by atoms with van der Waals surface area (Å²) >= 11 is 5.54. The average Bonchev–Trinajstić information content (AvgIpc) is 2.14. The lowest BCUT2D eigenvalue weighted by Gasteiger charge is -2.01. The normalized spacial score (nSPS) is 10.7. The zero-order valence-electron chi connectivity index (χ0n) is 5.43. The molecule has 0 saturated heterocycles. The molecule has 3 heteroatoms. The summed E-state index contributed by atoms with van der Waals surface area (Å²) in [5, 5.41) is 4.44. The molecular formula is C6H8ClN2. The first kappa shape index (κ1) is 6.62. The second-order valence-corrected chi connectivity index (χ2v) is 2.52. The third-order valence-electron chi connectivity index (χ3n) is 1.01. The van der Waals surface area contributed by atoms with Crippen molar-refractivity contribution in [3.8, 4) is 0 Å². The lowest BCUT2D eigenvalue weighted by Crippen LogP contribution is -2.00. The Morgan fingerprint density at radius 2 is 2.44 bits per heavy atom. The first-order chi connectivity index (χ1) is 4.20. The molecule has 1 aromatic heterocycles. The van der Waals surface area contributed by atoms with E-state index in [1.54, 1.807) is 10.7 Å². The van der Waals surface area contributed by atoms with Crippen molar-refractivity contribution in [3.63, 3.8) is 0 Å². The van der Waals surface area contributed by atoms with Crippen molar-refractivity contribution < 1.29 is 0 Å². The molecule has 0 unspecified atom stereocenters. The van der Waals surface area contributed by atoms with E-state index in [0.29, 0.717) is 11.2 Å². The van der Waals surface area contributed by atoms with Crippen molar-refractivity contribution in [2.45, 2.75) is 19.9 Å². The second kappa shape index (κ2) is 2.40. The van der Waals surface area contributed by atoms with Crippen LogP contribution in [0.2, 0.25) is 5.15 Å². The fourth-order valence-electron chi connectivity index (χ4n) is 0.545. The number of aromatic nitrogens is 2. The monoisotopic (exact) mass is 143 g/mol. The molecule has 0 bridgehead atoms. The molecular weight excluding hydrogens is 136 g/mol. The molecule has 0 spiro atoms. The van der Waals surface area contributed by atoms with Gasteiger partial charge >= 0.3 is 0 Å². The van der Waals surface area contributed by atoms with Gasteiger partial charge in [-0.25, -0.2) is 0 Å². The standard InChI is InChI=1S/C6H8ClN2/c1-5(2)9-4-3-6(7)8-9/h3,5H,1-2H3. The van der Waals surface area contributed by atoms with E-state index in [2.05, 4.69) is 11.3 Å². The second-order valence-electron chi connectivity index (χ2n) is 2.13. The third-order valence-corrected chi connectivity index (χ3v) is 1.19. The van der Waals surface area contributed by atoms with Crippen LogP contribution in [0.1, 0.15) is 19.9 Å². The number of hydrogen-bond acceptors (Lipinski definition) is 1. The van der Waals surface area contributed by atoms with E-state index in [9.17, 15) is 0 Å². The Morgan fingerprint density at radius 1 is 1.78 bits per heavy atom. The van der Waals surface area contributed by atoms with Crippen LogP contribution in [-0.4, -0.2) is 9.78 Å². The Balaban J connectivity index is 2.85. The molecule has 1 radical (unpaired) electrons. The van der Waals surface area contributed by atoms with Gasteiger partial charge in [0.25, 0.3) is 0 Å². The Bertz CT molecular complexity index is 193. The Kier molecular flexibility index (Phi) is 1.76. The highest BCUT2D eigenvalue weighted by Gasteiger charge is 1.97. The fraction of sp³-hybridized carbons (Fsp3) is 0.500. The van der Waals surface area contributed by atoms with Gasteiger partial charge in [0.1, 0.15) is 0 Å². The summed E-state index contributed by atoms with van der Waals surface area (Å²) in [5.41, 5.74) is 0. The predicted molar refractivity (Wildman–Crippen MR) is 36.5 cm³/mol. The summed E-state index contributed by atoms with van der Waals surface area (Å²) in [6.07, 6.45) is 2.88. The van der Waals surface area contributed by atoms with Gasteiger partial charge in [-0.1, -0.05) is 11.6 Å². The predicted octanol–water partition coefficient (Wildman–Crippen LogP) is 1.92. The van der Waals surface area contributed by atoms with Crippen LogP contribution in [-0.2, 0) is 0 Å². The number of halogens is 1. The SMILES string of the molecule is CC(C)n1[c]cc(Cl)n1. The largest absolute Gasteiger partial charge is 0.259 e. The molecule has 1 heterocycles. The Morgan fingerprint density at radius 3 is 2.67 bits per heavy atom. The zero-order valence-corrected chi connectivity index (χ0v) is 6.18. The van der Waals surface area contributed by atoms with Gasteiger partial charge in [-0.2, -0.15) is 5.10 Å². The molecule has 0 N–H and O–H groups in total. The van der Waals surface area contributed by atoms with Gasteiger partial charge in [0.2, 0.25) is 0 Å². The highest BCUT2D eigenvalue weighted by molar-refractivity contribution is 6.29. The average molecular weight is 144 g/mol. The van der Waals surface area contributed by atoms with Gasteiger partial charge in [-0.3, -0.25) is 4.68 Å². The number of rotatable bonds is 1. The minimum Gasteiger partial charge on any atom is -0.259 e. The summed E-state index contributed by atoms with van der Waals surface area (Å²) in [5.74, 6) is 0. The van der Waals surface area contributed by atoms with Crippen LogP contribution in [0.4, 0.5) is 0 Å². The fourth-order valence-corrected chi connectivity index (χ4v) is 0.675. The molecule has 0 aliphatic carbocycles. The maximum absolute atomic E-state index is 5.54. The van der Waals surface area contributed by atoms with E-state index in [1.165, 1.54) is 0 Å². The first-order valence-corrected chi connectivity index (χ1v) is 3.20. The van der Waals surface area contributed by atoms with Crippen LogP contribution in [0.15, 0.2) is 6.07 Å². The van der Waals surface area contributed by atoms with Gasteiger partial charge in [0.05, 0.1) is 6.20 Å².